The van der Waals surface area contributed by atoms with Crippen LogP contribution in [0.3, 0.4) is 0 Å². The number of aromatic nitrogens is 2. The molecule has 0 aliphatic heterocycles. The van der Waals surface area contributed by atoms with Gasteiger partial charge in [-0.3, -0.25) is 4.79 Å². The van der Waals surface area contributed by atoms with Gasteiger partial charge in [0.05, 0.1) is 11.4 Å². The molecule has 3 aromatic carbocycles. The minimum atomic E-state index is -0.400. The van der Waals surface area contributed by atoms with Crippen LogP contribution >= 0.6 is 11.6 Å². The highest BCUT2D eigenvalue weighted by atomic mass is 35.5. The highest BCUT2D eigenvalue weighted by Gasteiger charge is 2.20. The third-order valence-electron chi connectivity index (χ3n) is 5.60. The summed E-state index contributed by atoms with van der Waals surface area (Å²) >= 11 is 6.03. The molecule has 7 nitrogen and oxygen atoms in total. The maximum absolute atomic E-state index is 13.5. The number of nitrogens with zero attached hydrogens (tertiary/aromatic N) is 3. The van der Waals surface area contributed by atoms with Gasteiger partial charge in [0.1, 0.15) is 18.2 Å². The predicted molar refractivity (Wildman–Crippen MR) is 145 cm³/mol. The molecule has 0 atom stereocenters. The summed E-state index contributed by atoms with van der Waals surface area (Å²) in [5.74, 6) is -0.358. The third-order valence-corrected chi connectivity index (χ3v) is 5.83. The zero-order chi connectivity index (χ0) is 26.2. The molecule has 37 heavy (non-hydrogen) atoms. The number of nitrogens with one attached hydrogen (secondary N) is 2. The van der Waals surface area contributed by atoms with E-state index in [-0.39, 0.29) is 18.3 Å². The minimum Gasteiger partial charge on any atom is -0.315 e. The largest absolute Gasteiger partial charge is 0.322 e. The first-order chi connectivity index (χ1) is 17.9. The fourth-order valence-corrected chi connectivity index (χ4v) is 3.92. The van der Waals surface area contributed by atoms with E-state index in [1.54, 1.807) is 47.1 Å². The van der Waals surface area contributed by atoms with Crippen molar-refractivity contribution >= 4 is 35.0 Å². The molecule has 0 saturated heterocycles. The molecule has 0 aliphatic rings. The fraction of sp³-hybridized carbons (Fsp3) is 0.179. The lowest BCUT2D eigenvalue weighted by Crippen LogP contribution is -2.41. The number of benzene rings is 3. The average molecular weight is 520 g/mol. The molecule has 3 amide bonds. The Balaban J connectivity index is 1.55. The Kier molecular flexibility index (Phi) is 8.53. The van der Waals surface area contributed by atoms with Gasteiger partial charge in [-0.15, -0.1) is 0 Å². The van der Waals surface area contributed by atoms with Crippen molar-refractivity contribution in [2.75, 3.05) is 23.7 Å². The van der Waals surface area contributed by atoms with Gasteiger partial charge in [-0.1, -0.05) is 61.3 Å². The quantitative estimate of drug-likeness (QED) is 0.261. The first kappa shape index (κ1) is 25.9. The number of unbranched alkanes of at least 4 members (excludes halogenated alkanes) is 1. The molecule has 0 aliphatic carbocycles. The highest BCUT2D eigenvalue weighted by molar-refractivity contribution is 6.30. The molecule has 0 saturated carbocycles. The van der Waals surface area contributed by atoms with Gasteiger partial charge in [0.25, 0.3) is 0 Å². The molecule has 9 heteroatoms. The lowest BCUT2D eigenvalue weighted by Gasteiger charge is -2.22. The summed E-state index contributed by atoms with van der Waals surface area (Å²) in [6.07, 6.45) is 1.60. The maximum Gasteiger partial charge on any atom is 0.322 e. The SMILES string of the molecule is CCCCN(CC(=O)Nc1cc(-c2ccccc2)nn1-c1ccc(F)cc1)C(=O)Nc1cccc(Cl)c1. The standard InChI is InChI=1S/C28H27ClFN5O2/c1-2-3-16-34(28(37)31-23-11-7-10-21(29)17-23)19-27(36)32-26-18-25(20-8-5-4-6-9-20)33-35(26)24-14-12-22(30)13-15-24/h4-15,17-18H,2-3,16,19H2,1H3,(H,31,37)(H,32,36). The number of anilines is 2. The van der Waals surface area contributed by atoms with E-state index in [1.807, 2.05) is 37.3 Å². The molecule has 2 N–H and O–H groups in total. The van der Waals surface area contributed by atoms with Gasteiger partial charge < -0.3 is 15.5 Å². The minimum absolute atomic E-state index is 0.165. The van der Waals surface area contributed by atoms with E-state index < -0.39 is 6.03 Å². The Morgan fingerprint density at radius 3 is 2.43 bits per heavy atom. The number of halogens is 2. The number of hydrogen-bond donors (Lipinski definition) is 2. The van der Waals surface area contributed by atoms with Crippen molar-refractivity contribution < 1.29 is 14.0 Å². The lowest BCUT2D eigenvalue weighted by molar-refractivity contribution is -0.116. The normalized spacial score (nSPS) is 10.7. The molecule has 190 valence electrons. The van der Waals surface area contributed by atoms with Gasteiger partial charge in [-0.05, 0) is 48.9 Å². The van der Waals surface area contributed by atoms with Crippen LogP contribution in [-0.4, -0.2) is 39.7 Å². The summed E-state index contributed by atoms with van der Waals surface area (Å²) in [6.45, 7) is 2.25. The number of urea groups is 1. The molecule has 0 radical (unpaired) electrons. The van der Waals surface area contributed by atoms with E-state index in [2.05, 4.69) is 15.7 Å². The highest BCUT2D eigenvalue weighted by Crippen LogP contribution is 2.25. The molecular weight excluding hydrogens is 493 g/mol. The van der Waals surface area contributed by atoms with Gasteiger partial charge in [0.2, 0.25) is 5.91 Å². The van der Waals surface area contributed by atoms with E-state index in [4.69, 9.17) is 11.6 Å². The van der Waals surface area contributed by atoms with E-state index in [0.29, 0.717) is 34.5 Å². The number of hydrogen-bond acceptors (Lipinski definition) is 3. The lowest BCUT2D eigenvalue weighted by atomic mass is 10.1. The van der Waals surface area contributed by atoms with Crippen LogP contribution in [0.1, 0.15) is 19.8 Å². The molecule has 4 aromatic rings. The molecule has 0 fully saturated rings. The van der Waals surface area contributed by atoms with Gasteiger partial charge >= 0.3 is 6.03 Å². The smallest absolute Gasteiger partial charge is 0.315 e. The number of rotatable bonds is 9. The van der Waals surface area contributed by atoms with E-state index in [9.17, 15) is 14.0 Å². The van der Waals surface area contributed by atoms with Crippen LogP contribution in [-0.2, 0) is 4.79 Å². The van der Waals surface area contributed by atoms with Crippen LogP contribution in [0.2, 0.25) is 5.02 Å². The zero-order valence-corrected chi connectivity index (χ0v) is 21.1. The van der Waals surface area contributed by atoms with E-state index in [0.717, 1.165) is 18.4 Å². The van der Waals surface area contributed by atoms with Gasteiger partial charge in [0, 0.05) is 28.9 Å². The van der Waals surface area contributed by atoms with Crippen LogP contribution in [0, 0.1) is 5.82 Å². The molecule has 0 unspecified atom stereocenters. The second kappa shape index (κ2) is 12.2. The monoisotopic (exact) mass is 519 g/mol. The first-order valence-electron chi connectivity index (χ1n) is 12.0. The number of carbonyl (C=O) groups is 2. The summed E-state index contributed by atoms with van der Waals surface area (Å²) in [4.78, 5) is 27.5. The van der Waals surface area contributed by atoms with Crippen LogP contribution < -0.4 is 10.6 Å². The molecule has 4 rings (SSSR count). The Hall–Kier alpha value is -4.17. The third kappa shape index (κ3) is 6.95. The molecule has 0 bridgehead atoms. The van der Waals surface area contributed by atoms with Crippen LogP contribution in [0.15, 0.2) is 84.9 Å². The molecule has 1 heterocycles. The second-order valence-corrected chi connectivity index (χ2v) is 8.87. The van der Waals surface area contributed by atoms with Crippen molar-refractivity contribution in [2.45, 2.75) is 19.8 Å². The van der Waals surface area contributed by atoms with Crippen molar-refractivity contribution in [3.8, 4) is 16.9 Å². The maximum atomic E-state index is 13.5. The predicted octanol–water partition coefficient (Wildman–Crippen LogP) is 6.60. The van der Waals surface area contributed by atoms with Crippen molar-refractivity contribution in [3.63, 3.8) is 0 Å². The van der Waals surface area contributed by atoms with Crippen molar-refractivity contribution in [2.24, 2.45) is 0 Å². The first-order valence-corrected chi connectivity index (χ1v) is 12.3. The van der Waals surface area contributed by atoms with Gasteiger partial charge in [-0.25, -0.2) is 13.9 Å². The van der Waals surface area contributed by atoms with Crippen molar-refractivity contribution in [1.29, 1.82) is 0 Å². The fourth-order valence-electron chi connectivity index (χ4n) is 3.73. The average Bonchev–Trinajstić information content (AvgIpc) is 3.31. The van der Waals surface area contributed by atoms with E-state index >= 15 is 0 Å². The molecular formula is C28H27ClFN5O2. The Morgan fingerprint density at radius 2 is 1.73 bits per heavy atom. The van der Waals surface area contributed by atoms with Crippen molar-refractivity contribution in [1.82, 2.24) is 14.7 Å². The summed E-state index contributed by atoms with van der Waals surface area (Å²) in [7, 11) is 0. The summed E-state index contributed by atoms with van der Waals surface area (Å²) < 4.78 is 15.1. The molecule has 1 aromatic heterocycles. The summed E-state index contributed by atoms with van der Waals surface area (Å²) in [5, 5.41) is 10.8. The Bertz CT molecular complexity index is 1360. The second-order valence-electron chi connectivity index (χ2n) is 8.43. The summed E-state index contributed by atoms with van der Waals surface area (Å²) in [5.41, 5.74) is 2.63. The Morgan fingerprint density at radius 1 is 0.973 bits per heavy atom. The topological polar surface area (TPSA) is 79.3 Å². The number of carbonyl (C=O) groups excluding carboxylic acids is 2. The Labute approximate surface area is 219 Å². The van der Waals surface area contributed by atoms with Gasteiger partial charge in [-0.2, -0.15) is 5.10 Å². The van der Waals surface area contributed by atoms with E-state index in [1.165, 1.54) is 17.0 Å². The van der Waals surface area contributed by atoms with Crippen molar-refractivity contribution in [3.05, 3.63) is 95.8 Å². The number of amides is 3. The zero-order valence-electron chi connectivity index (χ0n) is 20.3. The van der Waals surface area contributed by atoms with Crippen LogP contribution in [0.25, 0.3) is 16.9 Å². The van der Waals surface area contributed by atoms with Crippen LogP contribution in [0.4, 0.5) is 20.7 Å². The summed E-state index contributed by atoms with van der Waals surface area (Å²) in [6, 6.07) is 23.5. The van der Waals surface area contributed by atoms with Crippen LogP contribution in [0.5, 0.6) is 0 Å². The van der Waals surface area contributed by atoms with Gasteiger partial charge in [0.15, 0.2) is 0 Å². The molecule has 0 spiro atoms.